The summed E-state index contributed by atoms with van der Waals surface area (Å²) in [7, 11) is 0. The minimum absolute atomic E-state index is 0. The predicted molar refractivity (Wildman–Crippen MR) is 153 cm³/mol. The van der Waals surface area contributed by atoms with E-state index in [2.05, 4.69) is 100 Å². The van der Waals surface area contributed by atoms with Crippen molar-refractivity contribution in [2.75, 3.05) is 0 Å². The molecule has 0 bridgehead atoms. The Morgan fingerprint density at radius 1 is 0.405 bits per heavy atom. The molecule has 3 aromatic heterocycles. The van der Waals surface area contributed by atoms with Crippen molar-refractivity contribution >= 4 is 22.1 Å². The molecule has 0 unspecified atom stereocenters. The molecule has 42 heavy (non-hydrogen) atoms. The molecule has 0 N–H and O–H groups in total. The number of halogens is 3. The Labute approximate surface area is 275 Å². The van der Waals surface area contributed by atoms with E-state index in [-0.39, 0.29) is 55.8 Å². The molecular weight excluding hydrogens is 624 g/mol. The smallest absolute Gasteiger partial charge is 0.160 e. The standard InChI is InChI=1S/C33H25N5.3ClH.V/c1-3-12-24(13-4-1)22-37-30-20-9-7-16-26(30)35-32(37)28-18-11-19-29(34-28)33-36-27-17-8-10-21-31(27)38(33)23-25-14-5-2-6-15-25;;;;/h1-21H,22-23H2;3*1H;/p-3. The van der Waals surface area contributed by atoms with Gasteiger partial charge in [-0.3, -0.25) is 0 Å². The van der Waals surface area contributed by atoms with E-state index < -0.39 is 0 Å². The summed E-state index contributed by atoms with van der Waals surface area (Å²) in [5, 5.41) is 0. The Kier molecular flexibility index (Phi) is 11.4. The molecule has 5 nitrogen and oxygen atoms in total. The Morgan fingerprint density at radius 3 is 1.21 bits per heavy atom. The van der Waals surface area contributed by atoms with E-state index in [1.54, 1.807) is 0 Å². The van der Waals surface area contributed by atoms with Crippen LogP contribution in [0.3, 0.4) is 0 Å². The monoisotopic (exact) mass is 647 g/mol. The number of pyridine rings is 1. The third kappa shape index (κ3) is 6.41. The number of hydrogen-bond donors (Lipinski definition) is 0. The molecule has 0 saturated heterocycles. The Bertz CT molecular complexity index is 1750. The van der Waals surface area contributed by atoms with Gasteiger partial charge in [0.2, 0.25) is 0 Å². The van der Waals surface area contributed by atoms with E-state index in [1.165, 1.54) is 11.1 Å². The van der Waals surface area contributed by atoms with Gasteiger partial charge in [-0.25, -0.2) is 15.0 Å². The molecular formula is C33H25Cl3N5V-3. The number of fused-ring (bicyclic) bond motifs is 2. The first-order valence-corrected chi connectivity index (χ1v) is 12.8. The first-order valence-electron chi connectivity index (χ1n) is 12.8. The van der Waals surface area contributed by atoms with Crippen molar-refractivity contribution in [1.82, 2.24) is 24.1 Å². The van der Waals surface area contributed by atoms with Crippen molar-refractivity contribution in [2.24, 2.45) is 0 Å². The summed E-state index contributed by atoms with van der Waals surface area (Å²) in [5.74, 6) is 1.70. The van der Waals surface area contributed by atoms with Gasteiger partial charge >= 0.3 is 0 Å². The summed E-state index contributed by atoms with van der Waals surface area (Å²) in [6.07, 6.45) is 0. The number of benzene rings is 4. The molecule has 4 aromatic carbocycles. The molecule has 0 fully saturated rings. The molecule has 0 aliphatic heterocycles. The fourth-order valence-electron chi connectivity index (χ4n) is 5.08. The summed E-state index contributed by atoms with van der Waals surface area (Å²) in [4.78, 5) is 15.2. The van der Waals surface area contributed by atoms with Crippen LogP contribution in [0.25, 0.3) is 45.1 Å². The summed E-state index contributed by atoms with van der Waals surface area (Å²) < 4.78 is 4.51. The molecule has 0 spiro atoms. The molecule has 1 radical (unpaired) electrons. The summed E-state index contributed by atoms with van der Waals surface area (Å²) >= 11 is 0. The SMILES string of the molecule is [Cl-].[Cl-].[Cl-].[V].c1ccc(Cn2c(-c3cccc(-c4nc5ccccc5n4Cc4ccccc4)n3)nc3ccccc32)cc1. The molecule has 0 aliphatic rings. The molecule has 0 atom stereocenters. The van der Waals surface area contributed by atoms with Crippen LogP contribution >= 0.6 is 0 Å². The van der Waals surface area contributed by atoms with Crippen molar-refractivity contribution in [3.05, 3.63) is 139 Å². The topological polar surface area (TPSA) is 48.5 Å². The van der Waals surface area contributed by atoms with Gasteiger partial charge in [-0.05, 0) is 47.5 Å². The summed E-state index contributed by atoms with van der Waals surface area (Å²) in [6.45, 7) is 1.43. The van der Waals surface area contributed by atoms with Crippen LogP contribution in [-0.4, -0.2) is 24.1 Å². The number of imidazole rings is 2. The maximum Gasteiger partial charge on any atom is 0.160 e. The molecule has 0 amide bonds. The second-order valence-corrected chi connectivity index (χ2v) is 9.40. The zero-order chi connectivity index (χ0) is 25.3. The first kappa shape index (κ1) is 32.9. The minimum Gasteiger partial charge on any atom is -1.00 e. The van der Waals surface area contributed by atoms with Crippen LogP contribution in [0, 0.1) is 0 Å². The van der Waals surface area contributed by atoms with E-state index >= 15 is 0 Å². The molecule has 3 heterocycles. The van der Waals surface area contributed by atoms with Crippen LogP contribution in [0.2, 0.25) is 0 Å². The predicted octanol–water partition coefficient (Wildman–Crippen LogP) is -1.78. The Balaban J connectivity index is 0.00000121. The van der Waals surface area contributed by atoms with Crippen molar-refractivity contribution in [3.8, 4) is 23.0 Å². The number of aromatic nitrogens is 5. The second kappa shape index (κ2) is 14.5. The van der Waals surface area contributed by atoms with E-state index in [4.69, 9.17) is 15.0 Å². The minimum atomic E-state index is 0. The Hall–Kier alpha value is -3.58. The van der Waals surface area contributed by atoms with Crippen molar-refractivity contribution < 1.29 is 55.8 Å². The zero-order valence-electron chi connectivity index (χ0n) is 22.4. The molecule has 0 aliphatic carbocycles. The molecule has 7 rings (SSSR count). The fourth-order valence-corrected chi connectivity index (χ4v) is 5.08. The van der Waals surface area contributed by atoms with E-state index in [0.717, 1.165) is 58.2 Å². The van der Waals surface area contributed by atoms with Crippen molar-refractivity contribution in [2.45, 2.75) is 13.1 Å². The van der Waals surface area contributed by atoms with Gasteiger partial charge in [0, 0.05) is 31.6 Å². The number of hydrogen-bond acceptors (Lipinski definition) is 3. The van der Waals surface area contributed by atoms with Crippen LogP contribution in [0.15, 0.2) is 127 Å². The van der Waals surface area contributed by atoms with Crippen molar-refractivity contribution in [3.63, 3.8) is 0 Å². The van der Waals surface area contributed by atoms with Crippen molar-refractivity contribution in [1.29, 1.82) is 0 Å². The van der Waals surface area contributed by atoms with Gasteiger partial charge in [0.15, 0.2) is 11.6 Å². The average Bonchev–Trinajstić information content (AvgIpc) is 3.53. The number of rotatable bonds is 6. The first-order chi connectivity index (χ1) is 18.8. The molecule has 7 aromatic rings. The van der Waals surface area contributed by atoms with Gasteiger partial charge in [-0.15, -0.1) is 0 Å². The van der Waals surface area contributed by atoms with Gasteiger partial charge in [-0.1, -0.05) is 91.0 Å². The number of para-hydroxylation sites is 4. The van der Waals surface area contributed by atoms with Gasteiger partial charge in [0.05, 0.1) is 22.1 Å². The average molecular weight is 649 g/mol. The van der Waals surface area contributed by atoms with Gasteiger partial charge in [0.25, 0.3) is 0 Å². The quantitative estimate of drug-likeness (QED) is 0.215. The molecule has 9 heteroatoms. The number of nitrogens with zero attached hydrogens (tertiary/aromatic N) is 5. The summed E-state index contributed by atoms with van der Waals surface area (Å²) in [6, 6.07) is 43.6. The van der Waals surface area contributed by atoms with E-state index in [9.17, 15) is 0 Å². The van der Waals surface area contributed by atoms with Crippen LogP contribution in [0.1, 0.15) is 11.1 Å². The second-order valence-electron chi connectivity index (χ2n) is 9.40. The van der Waals surface area contributed by atoms with E-state index in [0.29, 0.717) is 0 Å². The molecule has 211 valence electrons. The fraction of sp³-hybridized carbons (Fsp3) is 0.0606. The maximum atomic E-state index is 5.14. The van der Waals surface area contributed by atoms with Crippen LogP contribution in [-0.2, 0) is 31.6 Å². The van der Waals surface area contributed by atoms with E-state index in [1.807, 2.05) is 36.4 Å². The van der Waals surface area contributed by atoms with Gasteiger partial charge in [0.1, 0.15) is 11.4 Å². The maximum absolute atomic E-state index is 5.14. The third-order valence-corrected chi connectivity index (χ3v) is 6.88. The van der Waals surface area contributed by atoms with Crippen LogP contribution < -0.4 is 37.2 Å². The zero-order valence-corrected chi connectivity index (χ0v) is 26.0. The van der Waals surface area contributed by atoms with Crippen LogP contribution in [0.5, 0.6) is 0 Å². The van der Waals surface area contributed by atoms with Gasteiger partial charge in [-0.2, -0.15) is 0 Å². The molecule has 0 saturated carbocycles. The Morgan fingerprint density at radius 2 is 0.786 bits per heavy atom. The largest absolute Gasteiger partial charge is 1.00 e. The van der Waals surface area contributed by atoms with Crippen LogP contribution in [0.4, 0.5) is 0 Å². The summed E-state index contributed by atoms with van der Waals surface area (Å²) in [5.41, 5.74) is 8.20. The van der Waals surface area contributed by atoms with Gasteiger partial charge < -0.3 is 46.4 Å². The normalized spacial score (nSPS) is 10.3. The third-order valence-electron chi connectivity index (χ3n) is 6.88.